The van der Waals surface area contributed by atoms with Crippen LogP contribution in [0.15, 0.2) is 27.6 Å². The fourth-order valence-electron chi connectivity index (χ4n) is 1.14. The van der Waals surface area contributed by atoms with Crippen LogP contribution >= 0.6 is 0 Å². The Morgan fingerprint density at radius 2 is 2.36 bits per heavy atom. The molecule has 0 radical (unpaired) electrons. The van der Waals surface area contributed by atoms with Gasteiger partial charge < -0.3 is 9.40 Å². The highest BCUT2D eigenvalue weighted by Crippen LogP contribution is 2.03. The first-order valence-corrected chi connectivity index (χ1v) is 4.20. The molecular formula is C9H9N3O2. The molecule has 0 bridgehead atoms. The number of nitrogens with one attached hydrogen (secondary N) is 1. The summed E-state index contributed by atoms with van der Waals surface area (Å²) < 4.78 is 5.10. The predicted molar refractivity (Wildman–Crippen MR) is 48.9 cm³/mol. The first kappa shape index (κ1) is 8.68. The minimum absolute atomic E-state index is 0.214. The Morgan fingerprint density at radius 1 is 1.50 bits per heavy atom. The first-order valence-electron chi connectivity index (χ1n) is 4.20. The standard InChI is InChI=1S/C9H9N3O2/c1-6-10-9(13)8(12-11-6)5-7-3-2-4-14-7/h2-4H,5H2,1H3,(H,10,11,13). The molecule has 2 aromatic rings. The lowest BCUT2D eigenvalue weighted by Crippen LogP contribution is -2.17. The molecule has 2 heterocycles. The molecule has 72 valence electrons. The van der Waals surface area contributed by atoms with E-state index >= 15 is 0 Å². The van der Waals surface area contributed by atoms with Crippen LogP contribution in [0.4, 0.5) is 0 Å². The van der Waals surface area contributed by atoms with E-state index in [9.17, 15) is 4.79 Å². The lowest BCUT2D eigenvalue weighted by Gasteiger charge is -1.95. The fourth-order valence-corrected chi connectivity index (χ4v) is 1.14. The summed E-state index contributed by atoms with van der Waals surface area (Å²) in [6, 6.07) is 3.56. The number of aryl methyl sites for hydroxylation is 1. The summed E-state index contributed by atoms with van der Waals surface area (Å²) in [6.07, 6.45) is 1.93. The summed E-state index contributed by atoms with van der Waals surface area (Å²) in [7, 11) is 0. The van der Waals surface area contributed by atoms with Crippen LogP contribution in [0.1, 0.15) is 17.3 Å². The van der Waals surface area contributed by atoms with Crippen molar-refractivity contribution in [2.24, 2.45) is 0 Å². The van der Waals surface area contributed by atoms with Crippen LogP contribution in [0.5, 0.6) is 0 Å². The van der Waals surface area contributed by atoms with E-state index in [1.807, 2.05) is 0 Å². The molecule has 0 fully saturated rings. The molecule has 5 heteroatoms. The van der Waals surface area contributed by atoms with Crippen LogP contribution in [-0.4, -0.2) is 15.2 Å². The number of nitrogens with zero attached hydrogens (tertiary/aromatic N) is 2. The van der Waals surface area contributed by atoms with Crippen LogP contribution in [0.25, 0.3) is 0 Å². The summed E-state index contributed by atoms with van der Waals surface area (Å²) in [5.74, 6) is 1.21. The molecule has 0 aliphatic heterocycles. The van der Waals surface area contributed by atoms with Gasteiger partial charge in [0.15, 0.2) is 0 Å². The summed E-state index contributed by atoms with van der Waals surface area (Å²) in [4.78, 5) is 13.9. The molecular weight excluding hydrogens is 182 g/mol. The Balaban J connectivity index is 2.30. The molecule has 0 unspecified atom stereocenters. The predicted octanol–water partition coefficient (Wildman–Crippen LogP) is 0.657. The maximum Gasteiger partial charge on any atom is 0.273 e. The van der Waals surface area contributed by atoms with Gasteiger partial charge in [-0.15, -0.1) is 10.2 Å². The van der Waals surface area contributed by atoms with Crippen molar-refractivity contribution >= 4 is 0 Å². The molecule has 14 heavy (non-hydrogen) atoms. The molecule has 0 amide bonds. The van der Waals surface area contributed by atoms with Crippen molar-refractivity contribution in [3.05, 3.63) is 46.0 Å². The maximum atomic E-state index is 11.4. The highest BCUT2D eigenvalue weighted by Gasteiger charge is 2.05. The number of hydrogen-bond donors (Lipinski definition) is 1. The zero-order valence-corrected chi connectivity index (χ0v) is 7.65. The Labute approximate surface area is 79.8 Å². The Kier molecular flexibility index (Phi) is 2.14. The van der Waals surface area contributed by atoms with E-state index in [1.165, 1.54) is 0 Å². The van der Waals surface area contributed by atoms with Gasteiger partial charge in [-0.2, -0.15) is 0 Å². The normalized spacial score (nSPS) is 10.4. The van der Waals surface area contributed by atoms with Crippen molar-refractivity contribution in [3.8, 4) is 0 Å². The number of rotatable bonds is 2. The fraction of sp³-hybridized carbons (Fsp3) is 0.222. The van der Waals surface area contributed by atoms with Gasteiger partial charge in [-0.1, -0.05) is 0 Å². The van der Waals surface area contributed by atoms with E-state index in [0.717, 1.165) is 0 Å². The minimum Gasteiger partial charge on any atom is -0.469 e. The van der Waals surface area contributed by atoms with Gasteiger partial charge in [0.1, 0.15) is 17.3 Å². The topological polar surface area (TPSA) is 71.8 Å². The molecule has 0 saturated heterocycles. The van der Waals surface area contributed by atoms with E-state index in [0.29, 0.717) is 23.7 Å². The van der Waals surface area contributed by atoms with Gasteiger partial charge in [0, 0.05) is 0 Å². The van der Waals surface area contributed by atoms with Gasteiger partial charge in [-0.05, 0) is 19.1 Å². The van der Waals surface area contributed by atoms with Gasteiger partial charge in [0.25, 0.3) is 5.56 Å². The number of H-pyrrole nitrogens is 1. The van der Waals surface area contributed by atoms with Gasteiger partial charge in [-0.3, -0.25) is 4.79 Å². The molecule has 0 spiro atoms. The summed E-state index contributed by atoms with van der Waals surface area (Å²) >= 11 is 0. The largest absolute Gasteiger partial charge is 0.469 e. The monoisotopic (exact) mass is 191 g/mol. The van der Waals surface area contributed by atoms with Crippen LogP contribution in [0.3, 0.4) is 0 Å². The number of furan rings is 1. The third-order valence-electron chi connectivity index (χ3n) is 1.80. The number of aromatic amines is 1. The van der Waals surface area contributed by atoms with Gasteiger partial charge >= 0.3 is 0 Å². The van der Waals surface area contributed by atoms with E-state index in [4.69, 9.17) is 4.42 Å². The van der Waals surface area contributed by atoms with Crippen molar-refractivity contribution < 1.29 is 4.42 Å². The average Bonchev–Trinajstić information content (AvgIpc) is 2.62. The second-order valence-electron chi connectivity index (χ2n) is 2.94. The van der Waals surface area contributed by atoms with E-state index in [-0.39, 0.29) is 5.56 Å². The molecule has 0 aliphatic carbocycles. The summed E-state index contributed by atoms with van der Waals surface area (Å²) in [5.41, 5.74) is 0.152. The van der Waals surface area contributed by atoms with Crippen LogP contribution in [0, 0.1) is 6.92 Å². The van der Waals surface area contributed by atoms with Crippen LogP contribution in [-0.2, 0) is 6.42 Å². The SMILES string of the molecule is Cc1nnc(Cc2ccco2)c(=O)[nH]1. The zero-order chi connectivity index (χ0) is 9.97. The third-order valence-corrected chi connectivity index (χ3v) is 1.80. The smallest absolute Gasteiger partial charge is 0.273 e. The molecule has 2 rings (SSSR count). The minimum atomic E-state index is -0.214. The van der Waals surface area contributed by atoms with Crippen molar-refractivity contribution in [1.82, 2.24) is 15.2 Å². The number of hydrogen-bond acceptors (Lipinski definition) is 4. The molecule has 0 aliphatic rings. The van der Waals surface area contributed by atoms with Gasteiger partial charge in [-0.25, -0.2) is 0 Å². The Bertz CT molecular complexity index is 473. The second kappa shape index (κ2) is 3.45. The third kappa shape index (κ3) is 1.71. The Hall–Kier alpha value is -1.91. The van der Waals surface area contributed by atoms with Crippen molar-refractivity contribution in [2.45, 2.75) is 13.3 Å². The van der Waals surface area contributed by atoms with Crippen molar-refractivity contribution in [3.63, 3.8) is 0 Å². The van der Waals surface area contributed by atoms with E-state index in [1.54, 1.807) is 25.3 Å². The Morgan fingerprint density at radius 3 is 3.00 bits per heavy atom. The van der Waals surface area contributed by atoms with Gasteiger partial charge in [0.05, 0.1) is 12.7 Å². The lowest BCUT2D eigenvalue weighted by atomic mass is 10.2. The molecule has 0 aromatic carbocycles. The molecule has 1 N–H and O–H groups in total. The van der Waals surface area contributed by atoms with Crippen LogP contribution < -0.4 is 5.56 Å². The maximum absolute atomic E-state index is 11.4. The first-order chi connectivity index (χ1) is 6.75. The molecule has 0 atom stereocenters. The van der Waals surface area contributed by atoms with Crippen molar-refractivity contribution in [1.29, 1.82) is 0 Å². The zero-order valence-electron chi connectivity index (χ0n) is 7.65. The van der Waals surface area contributed by atoms with E-state index in [2.05, 4.69) is 15.2 Å². The van der Waals surface area contributed by atoms with Crippen LogP contribution in [0.2, 0.25) is 0 Å². The highest BCUT2D eigenvalue weighted by molar-refractivity contribution is 5.08. The van der Waals surface area contributed by atoms with Crippen molar-refractivity contribution in [2.75, 3.05) is 0 Å². The summed E-state index contributed by atoms with van der Waals surface area (Å²) in [5, 5.41) is 7.57. The summed E-state index contributed by atoms with van der Waals surface area (Å²) in [6.45, 7) is 1.69. The highest BCUT2D eigenvalue weighted by atomic mass is 16.3. The molecule has 2 aromatic heterocycles. The quantitative estimate of drug-likeness (QED) is 0.756. The number of aromatic nitrogens is 3. The van der Waals surface area contributed by atoms with Gasteiger partial charge in [0.2, 0.25) is 0 Å². The second-order valence-corrected chi connectivity index (χ2v) is 2.94. The average molecular weight is 191 g/mol. The van der Waals surface area contributed by atoms with E-state index < -0.39 is 0 Å². The molecule has 5 nitrogen and oxygen atoms in total. The molecule has 0 saturated carbocycles. The lowest BCUT2D eigenvalue weighted by molar-refractivity contribution is 0.517.